The van der Waals surface area contributed by atoms with Crippen LogP contribution in [0.4, 0.5) is 4.39 Å². The van der Waals surface area contributed by atoms with Crippen molar-refractivity contribution < 1.29 is 9.18 Å². The van der Waals surface area contributed by atoms with Gasteiger partial charge in [0.05, 0.1) is 6.67 Å². The Morgan fingerprint density at radius 3 is 2.56 bits per heavy atom. The van der Waals surface area contributed by atoms with Gasteiger partial charge in [-0.25, -0.2) is 0 Å². The minimum Gasteiger partial charge on any atom is -0.299 e. The zero-order valence-electron chi connectivity index (χ0n) is 5.98. The van der Waals surface area contributed by atoms with Crippen LogP contribution in [0.5, 0.6) is 0 Å². The summed E-state index contributed by atoms with van der Waals surface area (Å²) >= 11 is 0. The van der Waals surface area contributed by atoms with Gasteiger partial charge < -0.3 is 0 Å². The Morgan fingerprint density at radius 1 is 1.67 bits per heavy atom. The first-order chi connectivity index (χ1) is 4.22. The van der Waals surface area contributed by atoms with Gasteiger partial charge in [-0.15, -0.1) is 0 Å². The van der Waals surface area contributed by atoms with Crippen molar-refractivity contribution in [2.24, 2.45) is 5.92 Å². The molecule has 0 aromatic carbocycles. The van der Waals surface area contributed by atoms with Gasteiger partial charge in [0, 0.05) is 12.3 Å². The summed E-state index contributed by atoms with van der Waals surface area (Å²) in [6.07, 6.45) is 0.911. The van der Waals surface area contributed by atoms with Gasteiger partial charge >= 0.3 is 0 Å². The van der Waals surface area contributed by atoms with Crippen LogP contribution in [0, 0.1) is 5.92 Å². The van der Waals surface area contributed by atoms with E-state index in [0.29, 0.717) is 12.8 Å². The number of hydrogen-bond donors (Lipinski definition) is 0. The average molecular weight is 132 g/mol. The van der Waals surface area contributed by atoms with Crippen molar-refractivity contribution in [1.29, 1.82) is 0 Å². The number of Topliss-reactive ketones (excluding diaryl/α,β-unsaturated/α-hetero) is 1. The first kappa shape index (κ1) is 8.60. The van der Waals surface area contributed by atoms with Crippen LogP contribution in [-0.2, 0) is 4.79 Å². The van der Waals surface area contributed by atoms with Crippen molar-refractivity contribution in [3.05, 3.63) is 0 Å². The van der Waals surface area contributed by atoms with Crippen LogP contribution < -0.4 is 0 Å². The molecule has 2 heteroatoms. The smallest absolute Gasteiger partial charge is 0.135 e. The van der Waals surface area contributed by atoms with E-state index in [1.807, 2.05) is 0 Å². The summed E-state index contributed by atoms with van der Waals surface area (Å²) in [5.74, 6) is 0.0765. The number of ketones is 1. The summed E-state index contributed by atoms with van der Waals surface area (Å²) < 4.78 is 11.6. The third-order valence-electron chi connectivity index (χ3n) is 1.44. The molecule has 0 saturated heterocycles. The van der Waals surface area contributed by atoms with Crippen molar-refractivity contribution in [2.75, 3.05) is 6.67 Å². The Hall–Kier alpha value is -0.400. The molecule has 54 valence electrons. The van der Waals surface area contributed by atoms with Gasteiger partial charge in [0.1, 0.15) is 5.78 Å². The summed E-state index contributed by atoms with van der Waals surface area (Å²) in [7, 11) is 0. The normalized spacial score (nSPS) is 13.2. The van der Waals surface area contributed by atoms with Crippen LogP contribution >= 0.6 is 0 Å². The van der Waals surface area contributed by atoms with Crippen molar-refractivity contribution in [1.82, 2.24) is 0 Å². The molecule has 0 aromatic rings. The summed E-state index contributed by atoms with van der Waals surface area (Å²) in [6, 6.07) is 0. The standard InChI is InChI=1S/C7H13FO/c1-3-7(9)6(2)4-5-8/h6H,3-5H2,1-2H3. The Balaban J connectivity index is 3.45. The first-order valence-corrected chi connectivity index (χ1v) is 3.31. The number of rotatable bonds is 4. The molecule has 0 spiro atoms. The molecule has 1 nitrogen and oxygen atoms in total. The highest BCUT2D eigenvalue weighted by atomic mass is 19.1. The Kier molecular flexibility index (Phi) is 4.28. The molecule has 0 aliphatic heterocycles. The molecule has 0 amide bonds. The topological polar surface area (TPSA) is 17.1 Å². The molecule has 1 atom stereocenters. The molecule has 0 saturated carbocycles. The Labute approximate surface area is 55.3 Å². The lowest BCUT2D eigenvalue weighted by Gasteiger charge is -2.03. The monoisotopic (exact) mass is 132 g/mol. The first-order valence-electron chi connectivity index (χ1n) is 3.31. The third kappa shape index (κ3) is 3.22. The predicted octanol–water partition coefficient (Wildman–Crippen LogP) is 1.96. The van der Waals surface area contributed by atoms with Crippen LogP contribution in [-0.4, -0.2) is 12.5 Å². The maximum absolute atomic E-state index is 11.6. The average Bonchev–Trinajstić information content (AvgIpc) is 1.87. The van der Waals surface area contributed by atoms with Crippen molar-refractivity contribution in [3.8, 4) is 0 Å². The SMILES string of the molecule is CCC(=O)C(C)CCF. The lowest BCUT2D eigenvalue weighted by molar-refractivity contribution is -0.122. The summed E-state index contributed by atoms with van der Waals surface area (Å²) in [6.45, 7) is 3.19. The zero-order chi connectivity index (χ0) is 7.28. The van der Waals surface area contributed by atoms with Crippen molar-refractivity contribution >= 4 is 5.78 Å². The molecule has 0 aliphatic carbocycles. The van der Waals surface area contributed by atoms with Crippen molar-refractivity contribution in [2.45, 2.75) is 26.7 Å². The molecule has 0 radical (unpaired) electrons. The number of alkyl halides is 1. The van der Waals surface area contributed by atoms with Crippen LogP contribution in [0.15, 0.2) is 0 Å². The fourth-order valence-electron chi connectivity index (χ4n) is 0.673. The van der Waals surface area contributed by atoms with E-state index in [2.05, 4.69) is 0 Å². The maximum atomic E-state index is 11.6. The molecule has 0 fully saturated rings. The second kappa shape index (κ2) is 4.48. The summed E-state index contributed by atoms with van der Waals surface area (Å²) in [4.78, 5) is 10.7. The minimum atomic E-state index is -0.382. The van der Waals surface area contributed by atoms with Gasteiger partial charge in [-0.3, -0.25) is 9.18 Å². The molecule has 0 heterocycles. The Morgan fingerprint density at radius 2 is 2.22 bits per heavy atom. The second-order valence-electron chi connectivity index (χ2n) is 2.20. The van der Waals surface area contributed by atoms with E-state index in [-0.39, 0.29) is 18.4 Å². The van der Waals surface area contributed by atoms with E-state index in [1.165, 1.54) is 0 Å². The minimum absolute atomic E-state index is 0.0833. The zero-order valence-corrected chi connectivity index (χ0v) is 5.98. The fourth-order valence-corrected chi connectivity index (χ4v) is 0.673. The van der Waals surface area contributed by atoms with E-state index in [1.54, 1.807) is 13.8 Å². The van der Waals surface area contributed by atoms with Gasteiger partial charge in [-0.05, 0) is 6.42 Å². The molecule has 0 aliphatic rings. The van der Waals surface area contributed by atoms with Crippen LogP contribution in [0.3, 0.4) is 0 Å². The number of carbonyl (C=O) groups excluding carboxylic acids is 1. The Bertz CT molecular complexity index is 90.9. The van der Waals surface area contributed by atoms with Crippen molar-refractivity contribution in [3.63, 3.8) is 0 Å². The molecule has 1 unspecified atom stereocenters. The second-order valence-corrected chi connectivity index (χ2v) is 2.20. The highest BCUT2D eigenvalue weighted by molar-refractivity contribution is 5.80. The molecule has 9 heavy (non-hydrogen) atoms. The van der Waals surface area contributed by atoms with Gasteiger partial charge in [0.25, 0.3) is 0 Å². The van der Waals surface area contributed by atoms with E-state index < -0.39 is 0 Å². The number of carbonyl (C=O) groups is 1. The largest absolute Gasteiger partial charge is 0.299 e. The van der Waals surface area contributed by atoms with E-state index in [9.17, 15) is 9.18 Å². The highest BCUT2D eigenvalue weighted by Crippen LogP contribution is 2.05. The van der Waals surface area contributed by atoms with Gasteiger partial charge in [-0.2, -0.15) is 0 Å². The van der Waals surface area contributed by atoms with E-state index >= 15 is 0 Å². The number of hydrogen-bond acceptors (Lipinski definition) is 1. The number of halogens is 1. The third-order valence-corrected chi connectivity index (χ3v) is 1.44. The van der Waals surface area contributed by atoms with Crippen LogP contribution in [0.2, 0.25) is 0 Å². The van der Waals surface area contributed by atoms with Gasteiger partial charge in [-0.1, -0.05) is 13.8 Å². The van der Waals surface area contributed by atoms with Crippen LogP contribution in [0.25, 0.3) is 0 Å². The lowest BCUT2D eigenvalue weighted by atomic mass is 10.0. The quantitative estimate of drug-likeness (QED) is 0.571. The van der Waals surface area contributed by atoms with Gasteiger partial charge in [0.2, 0.25) is 0 Å². The van der Waals surface area contributed by atoms with E-state index in [0.717, 1.165) is 0 Å². The van der Waals surface area contributed by atoms with Crippen LogP contribution in [0.1, 0.15) is 26.7 Å². The van der Waals surface area contributed by atoms with E-state index in [4.69, 9.17) is 0 Å². The molecule has 0 bridgehead atoms. The summed E-state index contributed by atoms with van der Waals surface area (Å²) in [5, 5.41) is 0. The molecule has 0 aromatic heterocycles. The predicted molar refractivity (Wildman–Crippen MR) is 35.1 cm³/mol. The molecular weight excluding hydrogens is 119 g/mol. The molecule has 0 rings (SSSR count). The fraction of sp³-hybridized carbons (Fsp3) is 0.857. The maximum Gasteiger partial charge on any atom is 0.135 e. The molecule has 0 N–H and O–H groups in total. The van der Waals surface area contributed by atoms with Gasteiger partial charge in [0.15, 0.2) is 0 Å². The highest BCUT2D eigenvalue weighted by Gasteiger charge is 2.08. The lowest BCUT2D eigenvalue weighted by Crippen LogP contribution is -2.09. The molecular formula is C7H13FO. The summed E-state index contributed by atoms with van der Waals surface area (Å²) in [5.41, 5.74) is 0.